The molecular weight excluding hydrogens is 448 g/mol. The van der Waals surface area contributed by atoms with Crippen molar-refractivity contribution in [2.75, 3.05) is 46.0 Å². The van der Waals surface area contributed by atoms with E-state index in [0.717, 1.165) is 38.0 Å². The Morgan fingerprint density at radius 3 is 2.66 bits per heavy atom. The lowest BCUT2D eigenvalue weighted by atomic mass is 9.95. The minimum Gasteiger partial charge on any atom is -0.503 e. The Balaban J connectivity index is 1.61. The number of amides is 1. The third kappa shape index (κ3) is 5.77. The van der Waals surface area contributed by atoms with E-state index >= 15 is 0 Å². The van der Waals surface area contributed by atoms with Gasteiger partial charge in [0, 0.05) is 26.2 Å². The summed E-state index contributed by atoms with van der Waals surface area (Å²) in [5.74, 6) is -0.181. The Bertz CT molecular complexity index is 1070. The van der Waals surface area contributed by atoms with Crippen LogP contribution >= 0.6 is 0 Å². The summed E-state index contributed by atoms with van der Waals surface area (Å²) >= 11 is 0. The van der Waals surface area contributed by atoms with Gasteiger partial charge < -0.3 is 23.9 Å². The van der Waals surface area contributed by atoms with Crippen LogP contribution in [0.25, 0.3) is 0 Å². The lowest BCUT2D eigenvalue weighted by Gasteiger charge is -2.30. The van der Waals surface area contributed by atoms with E-state index in [1.165, 1.54) is 0 Å². The Morgan fingerprint density at radius 1 is 1.14 bits per heavy atom. The molecule has 2 aliphatic heterocycles. The largest absolute Gasteiger partial charge is 0.503 e. The minimum absolute atomic E-state index is 0.0430. The predicted molar refractivity (Wildman–Crippen MR) is 131 cm³/mol. The van der Waals surface area contributed by atoms with E-state index in [1.54, 1.807) is 24.0 Å². The number of ketones is 1. The monoisotopic (exact) mass is 482 g/mol. The number of unbranched alkanes of at least 4 members (excludes halogenated alkanes) is 1. The van der Waals surface area contributed by atoms with Crippen LogP contribution in [0.3, 0.4) is 0 Å². The van der Waals surface area contributed by atoms with Crippen molar-refractivity contribution in [3.05, 3.63) is 64.8 Å². The Hall–Kier alpha value is -3.10. The molecule has 1 N–H and O–H groups in total. The summed E-state index contributed by atoms with van der Waals surface area (Å²) in [4.78, 5) is 30.5. The lowest BCUT2D eigenvalue weighted by Crippen LogP contribution is -2.39. The molecule has 0 bridgehead atoms. The molecular formula is C27H34N2O6. The number of morpholine rings is 1. The average molecular weight is 483 g/mol. The summed E-state index contributed by atoms with van der Waals surface area (Å²) in [6, 6.07) is 9.96. The Labute approximate surface area is 206 Å². The Morgan fingerprint density at radius 2 is 1.94 bits per heavy atom. The number of aliphatic hydroxyl groups excluding tert-OH is 1. The number of furan rings is 1. The number of ether oxygens (including phenoxy) is 2. The van der Waals surface area contributed by atoms with Crippen LogP contribution in [0.1, 0.15) is 54.1 Å². The predicted octanol–water partition coefficient (Wildman–Crippen LogP) is 4.07. The number of carbonyl (C=O) groups is 2. The fourth-order valence-electron chi connectivity index (χ4n) is 4.55. The molecule has 35 heavy (non-hydrogen) atoms. The van der Waals surface area contributed by atoms with E-state index in [1.807, 2.05) is 24.3 Å². The molecule has 0 radical (unpaired) electrons. The highest BCUT2D eigenvalue weighted by atomic mass is 16.5. The van der Waals surface area contributed by atoms with Crippen molar-refractivity contribution in [2.24, 2.45) is 0 Å². The zero-order valence-electron chi connectivity index (χ0n) is 20.5. The van der Waals surface area contributed by atoms with E-state index < -0.39 is 23.5 Å². The van der Waals surface area contributed by atoms with Gasteiger partial charge in [0.15, 0.2) is 11.5 Å². The molecule has 1 aromatic carbocycles. The van der Waals surface area contributed by atoms with Gasteiger partial charge in [0.1, 0.15) is 11.5 Å². The van der Waals surface area contributed by atoms with Crippen LogP contribution in [0.2, 0.25) is 0 Å². The summed E-state index contributed by atoms with van der Waals surface area (Å²) < 4.78 is 16.8. The number of Topliss-reactive ketones (excluding diaryl/α,β-unsaturated/α-hetero) is 1. The van der Waals surface area contributed by atoms with Crippen molar-refractivity contribution < 1.29 is 28.6 Å². The van der Waals surface area contributed by atoms with Crippen molar-refractivity contribution >= 4 is 11.7 Å². The third-order valence-electron chi connectivity index (χ3n) is 6.43. The number of hydrogen-bond acceptors (Lipinski definition) is 7. The highest BCUT2D eigenvalue weighted by Gasteiger charge is 2.44. The smallest absolute Gasteiger partial charge is 0.290 e. The average Bonchev–Trinajstić information content (AvgIpc) is 3.41. The zero-order valence-corrected chi connectivity index (χ0v) is 20.5. The van der Waals surface area contributed by atoms with Crippen LogP contribution in [-0.2, 0) is 9.53 Å². The molecule has 1 amide bonds. The van der Waals surface area contributed by atoms with Gasteiger partial charge in [-0.25, -0.2) is 0 Å². The first-order chi connectivity index (χ1) is 17.0. The van der Waals surface area contributed by atoms with Crippen LogP contribution in [0.15, 0.2) is 52.1 Å². The second-order valence-electron chi connectivity index (χ2n) is 8.98. The molecule has 1 saturated heterocycles. The van der Waals surface area contributed by atoms with Crippen molar-refractivity contribution in [1.82, 2.24) is 9.80 Å². The molecule has 3 heterocycles. The molecule has 8 nitrogen and oxygen atoms in total. The normalized spacial score (nSPS) is 19.0. The quantitative estimate of drug-likeness (QED) is 0.381. The maximum Gasteiger partial charge on any atom is 0.290 e. The highest BCUT2D eigenvalue weighted by molar-refractivity contribution is 6.15. The van der Waals surface area contributed by atoms with Gasteiger partial charge in [-0.3, -0.25) is 14.5 Å². The summed E-state index contributed by atoms with van der Waals surface area (Å²) in [7, 11) is 0. The van der Waals surface area contributed by atoms with Gasteiger partial charge in [0.05, 0.1) is 31.4 Å². The fraction of sp³-hybridized carbons (Fsp3) is 0.481. The molecule has 2 aromatic rings. The van der Waals surface area contributed by atoms with E-state index in [-0.39, 0.29) is 11.3 Å². The summed E-state index contributed by atoms with van der Waals surface area (Å²) in [5.41, 5.74) is 0.760. The highest BCUT2D eigenvalue weighted by Crippen LogP contribution is 2.40. The summed E-state index contributed by atoms with van der Waals surface area (Å²) in [6.07, 6.45) is 2.66. The van der Waals surface area contributed by atoms with Gasteiger partial charge in [-0.1, -0.05) is 25.5 Å². The number of carbonyl (C=O) groups excluding carboxylic acids is 2. The molecule has 0 spiro atoms. The van der Waals surface area contributed by atoms with E-state index in [4.69, 9.17) is 13.9 Å². The fourth-order valence-corrected chi connectivity index (χ4v) is 4.55. The van der Waals surface area contributed by atoms with E-state index in [9.17, 15) is 14.7 Å². The number of hydrogen-bond donors (Lipinski definition) is 1. The first-order valence-corrected chi connectivity index (χ1v) is 12.4. The topological polar surface area (TPSA) is 92.5 Å². The lowest BCUT2D eigenvalue weighted by molar-refractivity contribution is -0.129. The van der Waals surface area contributed by atoms with Crippen molar-refractivity contribution in [2.45, 2.75) is 39.2 Å². The first-order valence-electron chi connectivity index (χ1n) is 12.4. The molecule has 1 fully saturated rings. The second kappa shape index (κ2) is 11.6. The van der Waals surface area contributed by atoms with Crippen molar-refractivity contribution in [1.29, 1.82) is 0 Å². The van der Waals surface area contributed by atoms with Crippen LogP contribution in [0.5, 0.6) is 5.75 Å². The minimum atomic E-state index is -0.722. The first kappa shape index (κ1) is 25.0. The second-order valence-corrected chi connectivity index (χ2v) is 8.98. The molecule has 0 saturated carbocycles. The SMILES string of the molecule is CCCCOc1cccc([C@H]2C(C(=O)c3ccc(C)o3)=C(O)C(=O)N2CCCN2CCOCC2)c1. The van der Waals surface area contributed by atoms with Gasteiger partial charge in [0.2, 0.25) is 5.78 Å². The molecule has 0 aliphatic carbocycles. The third-order valence-corrected chi connectivity index (χ3v) is 6.43. The van der Waals surface area contributed by atoms with Crippen LogP contribution in [0, 0.1) is 6.92 Å². The molecule has 2 aliphatic rings. The number of benzene rings is 1. The van der Waals surface area contributed by atoms with Gasteiger partial charge in [0.25, 0.3) is 5.91 Å². The maximum atomic E-state index is 13.4. The van der Waals surface area contributed by atoms with Crippen LogP contribution in [-0.4, -0.2) is 72.6 Å². The van der Waals surface area contributed by atoms with Gasteiger partial charge >= 0.3 is 0 Å². The number of aryl methyl sites for hydroxylation is 1. The van der Waals surface area contributed by atoms with E-state index in [0.29, 0.717) is 44.3 Å². The van der Waals surface area contributed by atoms with Gasteiger partial charge in [-0.2, -0.15) is 0 Å². The Kier molecular flexibility index (Phi) is 8.25. The van der Waals surface area contributed by atoms with Crippen LogP contribution < -0.4 is 4.74 Å². The van der Waals surface area contributed by atoms with Crippen molar-refractivity contribution in [3.8, 4) is 5.75 Å². The molecule has 1 atom stereocenters. The number of rotatable bonds is 11. The zero-order chi connectivity index (χ0) is 24.8. The number of nitrogens with zero attached hydrogens (tertiary/aromatic N) is 2. The number of aliphatic hydroxyl groups is 1. The van der Waals surface area contributed by atoms with Crippen LogP contribution in [0.4, 0.5) is 0 Å². The summed E-state index contributed by atoms with van der Waals surface area (Å²) in [5, 5.41) is 10.9. The molecule has 188 valence electrons. The standard InChI is InChI=1S/C27H34N2O6/c1-3-4-15-34-21-8-5-7-20(18-21)24-23(25(30)22-10-9-19(2)35-22)26(31)27(32)29(24)12-6-11-28-13-16-33-17-14-28/h5,7-10,18,24,31H,3-4,6,11-17H2,1-2H3/t24-/m0/s1. The molecule has 8 heteroatoms. The molecule has 0 unspecified atom stereocenters. The van der Waals surface area contributed by atoms with Gasteiger partial charge in [-0.15, -0.1) is 0 Å². The molecule has 1 aromatic heterocycles. The van der Waals surface area contributed by atoms with E-state index in [2.05, 4.69) is 11.8 Å². The molecule has 4 rings (SSSR count). The van der Waals surface area contributed by atoms with Crippen molar-refractivity contribution in [3.63, 3.8) is 0 Å². The summed E-state index contributed by atoms with van der Waals surface area (Å²) in [6.45, 7) is 8.78. The maximum absolute atomic E-state index is 13.4. The van der Waals surface area contributed by atoms with Gasteiger partial charge in [-0.05, 0) is 49.6 Å².